The zero-order valence-corrected chi connectivity index (χ0v) is 17.3. The number of halogens is 1. The fraction of sp³-hybridized carbons (Fsp3) is 0.474. The lowest BCUT2D eigenvalue weighted by atomic mass is 10.1. The Morgan fingerprint density at radius 1 is 1.26 bits per heavy atom. The second kappa shape index (κ2) is 11.2. The zero-order chi connectivity index (χ0) is 19.1. The van der Waals surface area contributed by atoms with E-state index in [0.29, 0.717) is 18.2 Å². The van der Waals surface area contributed by atoms with Gasteiger partial charge in [0.2, 0.25) is 0 Å². The number of aliphatic hydroxyl groups is 1. The lowest BCUT2D eigenvalue weighted by Gasteiger charge is -2.16. The average molecular weight is 415 g/mol. The van der Waals surface area contributed by atoms with Gasteiger partial charge in [0.1, 0.15) is 11.9 Å². The minimum Gasteiger partial charge on any atom is -0.482 e. The first kappa shape index (κ1) is 23.4. The first-order chi connectivity index (χ1) is 12.3. The van der Waals surface area contributed by atoms with E-state index in [4.69, 9.17) is 9.84 Å². The zero-order valence-electron chi connectivity index (χ0n) is 15.7. The molecule has 2 aromatic rings. The highest BCUT2D eigenvalue weighted by Crippen LogP contribution is 2.22. The molecule has 0 saturated heterocycles. The van der Waals surface area contributed by atoms with Crippen LogP contribution in [0.4, 0.5) is 0 Å². The molecule has 0 saturated carbocycles. The largest absolute Gasteiger partial charge is 0.482 e. The average Bonchev–Trinajstić information content (AvgIpc) is 3.09. The summed E-state index contributed by atoms with van der Waals surface area (Å²) in [5.74, 6) is -0.0851. The molecule has 1 aromatic carbocycles. The number of hydrogen-bond acceptors (Lipinski definition) is 6. The van der Waals surface area contributed by atoms with Crippen LogP contribution in [-0.4, -0.2) is 40.4 Å². The molecule has 27 heavy (non-hydrogen) atoms. The van der Waals surface area contributed by atoms with Crippen LogP contribution in [0.2, 0.25) is 0 Å². The summed E-state index contributed by atoms with van der Waals surface area (Å²) in [6.07, 6.45) is 0.174. The van der Waals surface area contributed by atoms with E-state index in [0.717, 1.165) is 22.7 Å². The Morgan fingerprint density at radius 3 is 2.48 bits per heavy atom. The lowest BCUT2D eigenvalue weighted by molar-refractivity contribution is -0.139. The Bertz CT molecular complexity index is 706. The molecule has 0 radical (unpaired) electrons. The smallest absolute Gasteiger partial charge is 0.341 e. The molecule has 0 aliphatic carbocycles. The summed E-state index contributed by atoms with van der Waals surface area (Å²) in [7, 11) is 0. The van der Waals surface area contributed by atoms with Crippen LogP contribution >= 0.6 is 23.7 Å². The molecule has 0 aliphatic rings. The highest BCUT2D eigenvalue weighted by Gasteiger charge is 2.14. The molecular weight excluding hydrogens is 388 g/mol. The monoisotopic (exact) mass is 414 g/mol. The summed E-state index contributed by atoms with van der Waals surface area (Å²) in [6.45, 7) is 6.34. The van der Waals surface area contributed by atoms with E-state index in [-0.39, 0.29) is 25.1 Å². The van der Waals surface area contributed by atoms with Crippen LogP contribution in [0, 0.1) is 0 Å². The standard InChI is InChI=1S/C19H26N2O4S.ClH/c1-12(2)19-21-16(11-26-19)17(22)9-20-13(3)8-14-4-6-15(7-5-14)25-10-18(23)24;/h4-7,11-13,17,20,22H,8-10H2,1-3H3,(H,23,24);1H. The van der Waals surface area contributed by atoms with E-state index in [1.165, 1.54) is 0 Å². The van der Waals surface area contributed by atoms with Crippen LogP contribution < -0.4 is 10.1 Å². The Morgan fingerprint density at radius 2 is 1.93 bits per heavy atom. The third kappa shape index (κ3) is 7.84. The normalized spacial score (nSPS) is 13.1. The molecule has 1 aromatic heterocycles. The van der Waals surface area contributed by atoms with Crippen molar-refractivity contribution in [1.82, 2.24) is 10.3 Å². The number of aliphatic hydroxyl groups excluding tert-OH is 1. The summed E-state index contributed by atoms with van der Waals surface area (Å²) >= 11 is 1.58. The number of aromatic nitrogens is 1. The molecule has 0 spiro atoms. The van der Waals surface area contributed by atoms with Crippen molar-refractivity contribution in [2.45, 2.75) is 45.3 Å². The van der Waals surface area contributed by atoms with Gasteiger partial charge in [0.15, 0.2) is 6.61 Å². The maximum Gasteiger partial charge on any atom is 0.341 e. The topological polar surface area (TPSA) is 91.7 Å². The quantitative estimate of drug-likeness (QED) is 0.551. The third-order valence-electron chi connectivity index (χ3n) is 3.86. The van der Waals surface area contributed by atoms with E-state index < -0.39 is 12.1 Å². The molecule has 0 fully saturated rings. The van der Waals surface area contributed by atoms with Crippen LogP contribution in [-0.2, 0) is 11.2 Å². The van der Waals surface area contributed by atoms with Gasteiger partial charge in [-0.1, -0.05) is 26.0 Å². The fourth-order valence-electron chi connectivity index (χ4n) is 2.43. The van der Waals surface area contributed by atoms with Crippen molar-refractivity contribution in [2.75, 3.05) is 13.2 Å². The predicted octanol–water partition coefficient (Wildman–Crippen LogP) is 3.41. The van der Waals surface area contributed by atoms with Crippen LogP contribution in [0.1, 0.15) is 49.1 Å². The first-order valence-electron chi connectivity index (χ1n) is 8.65. The third-order valence-corrected chi connectivity index (χ3v) is 5.03. The summed E-state index contributed by atoms with van der Waals surface area (Å²) in [6, 6.07) is 7.55. The van der Waals surface area contributed by atoms with Gasteiger partial charge in [-0.15, -0.1) is 23.7 Å². The number of nitrogens with one attached hydrogen (secondary N) is 1. The first-order valence-corrected chi connectivity index (χ1v) is 9.53. The van der Waals surface area contributed by atoms with Gasteiger partial charge < -0.3 is 20.3 Å². The minimum atomic E-state index is -0.994. The molecular formula is C19H27ClN2O4S. The summed E-state index contributed by atoms with van der Waals surface area (Å²) < 4.78 is 5.12. The fourth-order valence-corrected chi connectivity index (χ4v) is 3.31. The van der Waals surface area contributed by atoms with Crippen molar-refractivity contribution in [3.05, 3.63) is 45.9 Å². The van der Waals surface area contributed by atoms with E-state index in [1.807, 2.05) is 17.5 Å². The molecule has 0 amide bonds. The maximum atomic E-state index is 10.5. The van der Waals surface area contributed by atoms with Gasteiger partial charge in [0, 0.05) is 23.9 Å². The van der Waals surface area contributed by atoms with E-state index >= 15 is 0 Å². The van der Waals surface area contributed by atoms with Crippen LogP contribution in [0.5, 0.6) is 5.75 Å². The number of carbonyl (C=O) groups is 1. The molecule has 0 bridgehead atoms. The van der Waals surface area contributed by atoms with Crippen molar-refractivity contribution in [3.8, 4) is 5.75 Å². The second-order valence-electron chi connectivity index (χ2n) is 6.62. The minimum absolute atomic E-state index is 0. The van der Waals surface area contributed by atoms with Gasteiger partial charge in [-0.25, -0.2) is 9.78 Å². The van der Waals surface area contributed by atoms with E-state index in [1.54, 1.807) is 23.5 Å². The molecule has 2 unspecified atom stereocenters. The Labute approximate surface area is 170 Å². The number of aliphatic carboxylic acids is 1. The molecule has 8 heteroatoms. The highest BCUT2D eigenvalue weighted by atomic mass is 35.5. The van der Waals surface area contributed by atoms with Crippen molar-refractivity contribution in [1.29, 1.82) is 0 Å². The number of carboxylic acid groups (broad SMARTS) is 1. The summed E-state index contributed by atoms with van der Waals surface area (Å²) in [5, 5.41) is 25.2. The molecule has 0 aliphatic heterocycles. The summed E-state index contributed by atoms with van der Waals surface area (Å²) in [4.78, 5) is 15.0. The van der Waals surface area contributed by atoms with Gasteiger partial charge in [0.05, 0.1) is 10.7 Å². The molecule has 3 N–H and O–H groups in total. The van der Waals surface area contributed by atoms with Gasteiger partial charge in [-0.3, -0.25) is 0 Å². The SMILES string of the molecule is CC(Cc1ccc(OCC(=O)O)cc1)NCC(O)c1csc(C(C)C)n1.Cl. The predicted molar refractivity (Wildman–Crippen MR) is 109 cm³/mol. The van der Waals surface area contributed by atoms with E-state index in [2.05, 4.69) is 31.1 Å². The number of hydrogen-bond donors (Lipinski definition) is 3. The Kier molecular flexibility index (Phi) is 9.73. The number of rotatable bonds is 10. The van der Waals surface area contributed by atoms with Crippen LogP contribution in [0.25, 0.3) is 0 Å². The molecule has 2 rings (SSSR count). The number of thiazole rings is 1. The van der Waals surface area contributed by atoms with Crippen LogP contribution in [0.15, 0.2) is 29.6 Å². The van der Waals surface area contributed by atoms with Crippen molar-refractivity contribution in [3.63, 3.8) is 0 Å². The number of carboxylic acids is 1. The Balaban J connectivity index is 0.00000364. The number of ether oxygens (including phenoxy) is 1. The van der Waals surface area contributed by atoms with Gasteiger partial charge >= 0.3 is 5.97 Å². The lowest BCUT2D eigenvalue weighted by Crippen LogP contribution is -2.32. The maximum absolute atomic E-state index is 10.5. The van der Waals surface area contributed by atoms with Crippen LogP contribution in [0.3, 0.4) is 0 Å². The Hall–Kier alpha value is -1.67. The number of benzene rings is 1. The van der Waals surface area contributed by atoms with E-state index in [9.17, 15) is 9.90 Å². The summed E-state index contributed by atoms with van der Waals surface area (Å²) in [5.41, 5.74) is 1.83. The van der Waals surface area contributed by atoms with Gasteiger partial charge in [-0.2, -0.15) is 0 Å². The van der Waals surface area contributed by atoms with Crippen molar-refractivity contribution in [2.24, 2.45) is 0 Å². The molecule has 1 heterocycles. The molecule has 150 valence electrons. The molecule has 2 atom stereocenters. The van der Waals surface area contributed by atoms with Crippen molar-refractivity contribution < 1.29 is 19.7 Å². The number of nitrogens with zero attached hydrogens (tertiary/aromatic N) is 1. The second-order valence-corrected chi connectivity index (χ2v) is 7.51. The molecule has 6 nitrogen and oxygen atoms in total. The highest BCUT2D eigenvalue weighted by molar-refractivity contribution is 7.09. The van der Waals surface area contributed by atoms with Gasteiger partial charge in [-0.05, 0) is 31.0 Å². The van der Waals surface area contributed by atoms with Crippen molar-refractivity contribution >= 4 is 29.7 Å². The van der Waals surface area contributed by atoms with Gasteiger partial charge in [0.25, 0.3) is 0 Å².